The van der Waals surface area contributed by atoms with Gasteiger partial charge in [0.15, 0.2) is 0 Å². The van der Waals surface area contributed by atoms with Gasteiger partial charge in [-0.05, 0) is 43.5 Å². The Morgan fingerprint density at radius 1 is 1.33 bits per heavy atom. The van der Waals surface area contributed by atoms with Crippen LogP contribution in [0.3, 0.4) is 0 Å². The molecule has 96 valence electrons. The Labute approximate surface area is 107 Å². The molecule has 1 aromatic carbocycles. The van der Waals surface area contributed by atoms with Gasteiger partial charge in [0, 0.05) is 11.1 Å². The van der Waals surface area contributed by atoms with Crippen molar-refractivity contribution in [2.24, 2.45) is 5.84 Å². The highest BCUT2D eigenvalue weighted by Crippen LogP contribution is 2.32. The fourth-order valence-corrected chi connectivity index (χ4v) is 2.30. The van der Waals surface area contributed by atoms with Crippen LogP contribution in [0.15, 0.2) is 12.1 Å². The number of ether oxygens (including phenoxy) is 1. The summed E-state index contributed by atoms with van der Waals surface area (Å²) < 4.78 is 5.30. The van der Waals surface area contributed by atoms with Crippen LogP contribution in [0.2, 0.25) is 0 Å². The molecule has 18 heavy (non-hydrogen) atoms. The standard InChI is InChI=1S/C14H19N3O/c1-5-12-9(3)14(17-15)11-7-10(18-4)6-8(2)13(11)16-12/h6-7H,5,15H2,1-4H3,(H,16,17). The number of fused-ring (bicyclic) bond motifs is 1. The Morgan fingerprint density at radius 3 is 2.61 bits per heavy atom. The van der Waals surface area contributed by atoms with Gasteiger partial charge in [0.2, 0.25) is 0 Å². The summed E-state index contributed by atoms with van der Waals surface area (Å²) in [6, 6.07) is 3.96. The number of nitrogens with one attached hydrogen (secondary N) is 1. The van der Waals surface area contributed by atoms with Crippen molar-refractivity contribution in [3.63, 3.8) is 0 Å². The number of nitrogens with zero attached hydrogens (tertiary/aromatic N) is 1. The Morgan fingerprint density at radius 2 is 2.06 bits per heavy atom. The lowest BCUT2D eigenvalue weighted by atomic mass is 10.0. The summed E-state index contributed by atoms with van der Waals surface area (Å²) in [6.45, 7) is 6.17. The van der Waals surface area contributed by atoms with Crippen LogP contribution in [0.5, 0.6) is 5.75 Å². The molecule has 3 N–H and O–H groups in total. The molecule has 0 bridgehead atoms. The molecule has 0 aliphatic carbocycles. The number of rotatable bonds is 3. The molecule has 0 amide bonds. The largest absolute Gasteiger partial charge is 0.497 e. The summed E-state index contributed by atoms with van der Waals surface area (Å²) >= 11 is 0. The third-order valence-electron chi connectivity index (χ3n) is 3.31. The third kappa shape index (κ3) is 1.88. The second-order valence-electron chi connectivity index (χ2n) is 4.40. The van der Waals surface area contributed by atoms with Gasteiger partial charge in [0.05, 0.1) is 18.3 Å². The second kappa shape index (κ2) is 4.82. The number of aryl methyl sites for hydroxylation is 2. The first-order chi connectivity index (χ1) is 8.62. The number of nitrogen functional groups attached to an aromatic ring is 1. The highest BCUT2D eigenvalue weighted by molar-refractivity contribution is 5.96. The topological polar surface area (TPSA) is 60.2 Å². The molecule has 0 saturated heterocycles. The summed E-state index contributed by atoms with van der Waals surface area (Å²) in [4.78, 5) is 4.73. The molecule has 0 aliphatic rings. The van der Waals surface area contributed by atoms with Crippen LogP contribution in [0.1, 0.15) is 23.7 Å². The fraction of sp³-hybridized carbons (Fsp3) is 0.357. The minimum absolute atomic E-state index is 0.821. The molecule has 0 spiro atoms. The third-order valence-corrected chi connectivity index (χ3v) is 3.31. The SMILES string of the molecule is CCc1nc2c(C)cc(OC)cc2c(NN)c1C. The first-order valence-electron chi connectivity index (χ1n) is 6.06. The van der Waals surface area contributed by atoms with Gasteiger partial charge < -0.3 is 10.2 Å². The first kappa shape index (κ1) is 12.6. The van der Waals surface area contributed by atoms with Gasteiger partial charge in [-0.15, -0.1) is 0 Å². The fourth-order valence-electron chi connectivity index (χ4n) is 2.30. The normalized spacial score (nSPS) is 10.7. The predicted octanol–water partition coefficient (Wildman–Crippen LogP) is 2.71. The van der Waals surface area contributed by atoms with E-state index in [0.29, 0.717) is 0 Å². The zero-order chi connectivity index (χ0) is 13.3. The number of hydrazine groups is 1. The number of benzene rings is 1. The molecule has 4 heteroatoms. The maximum atomic E-state index is 5.66. The number of hydrogen-bond donors (Lipinski definition) is 2. The summed E-state index contributed by atoms with van der Waals surface area (Å²) in [6.07, 6.45) is 0.891. The van der Waals surface area contributed by atoms with Gasteiger partial charge in [-0.25, -0.2) is 0 Å². The molecular weight excluding hydrogens is 226 g/mol. The van der Waals surface area contributed by atoms with E-state index in [1.54, 1.807) is 7.11 Å². The number of hydrogen-bond acceptors (Lipinski definition) is 4. The zero-order valence-corrected chi connectivity index (χ0v) is 11.3. The van der Waals surface area contributed by atoms with Crippen LogP contribution in [0.4, 0.5) is 5.69 Å². The van der Waals surface area contributed by atoms with E-state index >= 15 is 0 Å². The van der Waals surface area contributed by atoms with E-state index in [0.717, 1.165) is 45.6 Å². The minimum Gasteiger partial charge on any atom is -0.497 e. The zero-order valence-electron chi connectivity index (χ0n) is 11.3. The van der Waals surface area contributed by atoms with Crippen LogP contribution < -0.4 is 16.0 Å². The van der Waals surface area contributed by atoms with Gasteiger partial charge in [-0.2, -0.15) is 0 Å². The molecule has 0 aliphatic heterocycles. The van der Waals surface area contributed by atoms with E-state index in [2.05, 4.69) is 12.3 Å². The molecule has 2 aromatic rings. The molecule has 0 saturated carbocycles. The Balaban J connectivity index is 2.88. The molecule has 2 rings (SSSR count). The van der Waals surface area contributed by atoms with Gasteiger partial charge in [0.25, 0.3) is 0 Å². The first-order valence-corrected chi connectivity index (χ1v) is 6.06. The predicted molar refractivity (Wildman–Crippen MR) is 75.0 cm³/mol. The Hall–Kier alpha value is -1.81. The van der Waals surface area contributed by atoms with Gasteiger partial charge in [-0.3, -0.25) is 10.8 Å². The number of methoxy groups -OCH3 is 1. The van der Waals surface area contributed by atoms with Crippen LogP contribution in [-0.2, 0) is 6.42 Å². The number of anilines is 1. The second-order valence-corrected chi connectivity index (χ2v) is 4.40. The van der Waals surface area contributed by atoms with Crippen molar-refractivity contribution in [1.82, 2.24) is 4.98 Å². The molecule has 0 fully saturated rings. The molecule has 4 nitrogen and oxygen atoms in total. The average Bonchev–Trinajstić information content (AvgIpc) is 2.38. The Kier molecular flexibility index (Phi) is 3.39. The number of aromatic nitrogens is 1. The smallest absolute Gasteiger partial charge is 0.119 e. The van der Waals surface area contributed by atoms with Crippen molar-refractivity contribution >= 4 is 16.6 Å². The van der Waals surface area contributed by atoms with Crippen LogP contribution in [0, 0.1) is 13.8 Å². The van der Waals surface area contributed by atoms with Crippen LogP contribution in [-0.4, -0.2) is 12.1 Å². The lowest BCUT2D eigenvalue weighted by molar-refractivity contribution is 0.415. The van der Waals surface area contributed by atoms with Crippen molar-refractivity contribution in [2.75, 3.05) is 12.5 Å². The van der Waals surface area contributed by atoms with E-state index in [-0.39, 0.29) is 0 Å². The molecular formula is C14H19N3O. The van der Waals surface area contributed by atoms with Crippen molar-refractivity contribution < 1.29 is 4.74 Å². The van der Waals surface area contributed by atoms with Gasteiger partial charge in [0.1, 0.15) is 5.75 Å². The maximum Gasteiger partial charge on any atom is 0.119 e. The quantitative estimate of drug-likeness (QED) is 0.644. The highest BCUT2D eigenvalue weighted by Gasteiger charge is 2.12. The van der Waals surface area contributed by atoms with E-state index in [4.69, 9.17) is 15.6 Å². The lowest BCUT2D eigenvalue weighted by Gasteiger charge is -2.15. The number of nitrogens with two attached hydrogens (primary N) is 1. The van der Waals surface area contributed by atoms with Crippen molar-refractivity contribution in [1.29, 1.82) is 0 Å². The van der Waals surface area contributed by atoms with E-state index in [1.165, 1.54) is 0 Å². The van der Waals surface area contributed by atoms with Crippen LogP contribution >= 0.6 is 0 Å². The molecule has 0 unspecified atom stereocenters. The van der Waals surface area contributed by atoms with E-state index in [1.807, 2.05) is 26.0 Å². The number of pyridine rings is 1. The summed E-state index contributed by atoms with van der Waals surface area (Å²) in [5, 5.41) is 1.00. The van der Waals surface area contributed by atoms with E-state index < -0.39 is 0 Å². The molecule has 0 atom stereocenters. The summed E-state index contributed by atoms with van der Waals surface area (Å²) in [5.41, 5.74) is 7.97. The van der Waals surface area contributed by atoms with Gasteiger partial charge >= 0.3 is 0 Å². The summed E-state index contributed by atoms with van der Waals surface area (Å²) in [7, 11) is 1.66. The highest BCUT2D eigenvalue weighted by atomic mass is 16.5. The van der Waals surface area contributed by atoms with Crippen molar-refractivity contribution in [3.8, 4) is 5.75 Å². The van der Waals surface area contributed by atoms with Crippen LogP contribution in [0.25, 0.3) is 10.9 Å². The van der Waals surface area contributed by atoms with E-state index in [9.17, 15) is 0 Å². The summed E-state index contributed by atoms with van der Waals surface area (Å²) in [5.74, 6) is 6.48. The lowest BCUT2D eigenvalue weighted by Crippen LogP contribution is -2.11. The average molecular weight is 245 g/mol. The Bertz CT molecular complexity index is 593. The monoisotopic (exact) mass is 245 g/mol. The minimum atomic E-state index is 0.821. The molecule has 1 aromatic heterocycles. The van der Waals surface area contributed by atoms with Gasteiger partial charge in [-0.1, -0.05) is 6.92 Å². The van der Waals surface area contributed by atoms with Crippen molar-refractivity contribution in [2.45, 2.75) is 27.2 Å². The molecule has 1 heterocycles. The molecule has 0 radical (unpaired) electrons. The maximum absolute atomic E-state index is 5.66. The van der Waals surface area contributed by atoms with Crippen molar-refractivity contribution in [3.05, 3.63) is 29.0 Å².